The maximum atomic E-state index is 12.8. The minimum absolute atomic E-state index is 0.0975. The van der Waals surface area contributed by atoms with Crippen molar-refractivity contribution in [2.75, 3.05) is 0 Å². The predicted octanol–water partition coefficient (Wildman–Crippen LogP) is 2.92. The Morgan fingerprint density at radius 3 is 2.38 bits per heavy atom. The molecule has 0 aliphatic heterocycles. The van der Waals surface area contributed by atoms with Gasteiger partial charge in [0.25, 0.3) is 0 Å². The molecule has 0 spiro atoms. The Hall–Kier alpha value is -1.89. The summed E-state index contributed by atoms with van der Waals surface area (Å²) in [6.45, 7) is 5.73. The summed E-state index contributed by atoms with van der Waals surface area (Å²) in [6, 6.07) is 2.30. The van der Waals surface area contributed by atoms with Gasteiger partial charge >= 0.3 is 6.18 Å². The third kappa shape index (κ3) is 2.78. The van der Waals surface area contributed by atoms with Gasteiger partial charge in [-0.15, -0.1) is 0 Å². The van der Waals surface area contributed by atoms with Crippen molar-refractivity contribution in [2.24, 2.45) is 5.73 Å². The number of halogens is 3. The van der Waals surface area contributed by atoms with E-state index < -0.39 is 11.9 Å². The minimum Gasteiger partial charge on any atom is -0.326 e. The van der Waals surface area contributed by atoms with Gasteiger partial charge in [0, 0.05) is 17.8 Å². The predicted molar refractivity (Wildman–Crippen MR) is 73.1 cm³/mol. The first-order valence-corrected chi connectivity index (χ1v) is 6.62. The van der Waals surface area contributed by atoms with Crippen molar-refractivity contribution in [3.8, 4) is 5.82 Å². The van der Waals surface area contributed by atoms with E-state index in [-0.39, 0.29) is 12.4 Å². The molecule has 0 amide bonds. The second-order valence-corrected chi connectivity index (χ2v) is 4.80. The lowest BCUT2D eigenvalue weighted by atomic mass is 10.1. The number of hydrogen-bond acceptors (Lipinski definition) is 3. The number of alkyl halides is 3. The van der Waals surface area contributed by atoms with Gasteiger partial charge in [0.1, 0.15) is 5.69 Å². The van der Waals surface area contributed by atoms with Crippen LogP contribution in [0.25, 0.3) is 5.82 Å². The number of hydrogen-bond donors (Lipinski definition) is 1. The molecule has 0 atom stereocenters. The molecule has 2 aromatic heterocycles. The summed E-state index contributed by atoms with van der Waals surface area (Å²) in [6.07, 6.45) is -3.74. The lowest BCUT2D eigenvalue weighted by Gasteiger charge is -2.13. The zero-order valence-corrected chi connectivity index (χ0v) is 12.1. The lowest BCUT2D eigenvalue weighted by Crippen LogP contribution is -2.15. The molecule has 0 saturated heterocycles. The van der Waals surface area contributed by atoms with Crippen LogP contribution in [0.1, 0.15) is 35.1 Å². The lowest BCUT2D eigenvalue weighted by molar-refractivity contribution is -0.141. The summed E-state index contributed by atoms with van der Waals surface area (Å²) in [7, 11) is 0. The first-order valence-electron chi connectivity index (χ1n) is 6.62. The Kier molecular flexibility index (Phi) is 4.04. The Labute approximate surface area is 120 Å². The van der Waals surface area contributed by atoms with Crippen LogP contribution in [-0.2, 0) is 19.1 Å². The molecule has 114 valence electrons. The zero-order chi connectivity index (χ0) is 15.8. The average Bonchev–Trinajstić information content (AvgIpc) is 2.71. The third-order valence-electron chi connectivity index (χ3n) is 3.46. The van der Waals surface area contributed by atoms with Crippen LogP contribution in [0.4, 0.5) is 13.2 Å². The van der Waals surface area contributed by atoms with Gasteiger partial charge in [-0.1, -0.05) is 13.0 Å². The molecule has 21 heavy (non-hydrogen) atoms. The molecule has 0 aliphatic carbocycles. The van der Waals surface area contributed by atoms with E-state index in [0.29, 0.717) is 5.56 Å². The fourth-order valence-corrected chi connectivity index (χ4v) is 2.37. The summed E-state index contributed by atoms with van der Waals surface area (Å²) >= 11 is 0. The normalized spacial score (nSPS) is 12.0. The first-order chi connectivity index (χ1) is 9.79. The number of aryl methyl sites for hydroxylation is 1. The quantitative estimate of drug-likeness (QED) is 0.948. The van der Waals surface area contributed by atoms with E-state index in [2.05, 4.69) is 10.1 Å². The summed E-state index contributed by atoms with van der Waals surface area (Å²) in [5.74, 6) is 0.146. The smallest absolute Gasteiger partial charge is 0.326 e. The van der Waals surface area contributed by atoms with Gasteiger partial charge in [0.05, 0.1) is 5.69 Å². The largest absolute Gasteiger partial charge is 0.433 e. The van der Waals surface area contributed by atoms with Crippen molar-refractivity contribution in [3.05, 3.63) is 40.3 Å². The van der Waals surface area contributed by atoms with Crippen LogP contribution in [0, 0.1) is 13.8 Å². The van der Waals surface area contributed by atoms with E-state index in [0.717, 1.165) is 29.4 Å². The molecule has 7 heteroatoms. The van der Waals surface area contributed by atoms with E-state index in [1.165, 1.54) is 10.7 Å². The van der Waals surface area contributed by atoms with Gasteiger partial charge in [-0.2, -0.15) is 18.3 Å². The third-order valence-corrected chi connectivity index (χ3v) is 3.46. The summed E-state index contributed by atoms with van der Waals surface area (Å²) in [5, 5.41) is 4.31. The van der Waals surface area contributed by atoms with E-state index in [9.17, 15) is 13.2 Å². The molecule has 2 N–H and O–H groups in total. The van der Waals surface area contributed by atoms with Crippen LogP contribution in [0.2, 0.25) is 0 Å². The van der Waals surface area contributed by atoms with E-state index in [1.54, 1.807) is 0 Å². The van der Waals surface area contributed by atoms with E-state index in [1.807, 2.05) is 20.8 Å². The highest BCUT2D eigenvalue weighted by atomic mass is 19.4. The van der Waals surface area contributed by atoms with Crippen LogP contribution in [0.15, 0.2) is 12.1 Å². The monoisotopic (exact) mass is 298 g/mol. The second kappa shape index (κ2) is 5.48. The number of aromatic nitrogens is 3. The maximum absolute atomic E-state index is 12.8. The van der Waals surface area contributed by atoms with Crippen LogP contribution in [-0.4, -0.2) is 14.8 Å². The van der Waals surface area contributed by atoms with Crippen molar-refractivity contribution < 1.29 is 13.2 Å². The molecule has 2 heterocycles. The number of nitrogens with zero attached hydrogens (tertiary/aromatic N) is 3. The van der Waals surface area contributed by atoms with Crippen molar-refractivity contribution in [2.45, 2.75) is 39.9 Å². The fourth-order valence-electron chi connectivity index (χ4n) is 2.37. The van der Waals surface area contributed by atoms with E-state index in [4.69, 9.17) is 5.73 Å². The highest BCUT2D eigenvalue weighted by molar-refractivity contribution is 5.39. The topological polar surface area (TPSA) is 56.7 Å². The van der Waals surface area contributed by atoms with Crippen LogP contribution < -0.4 is 5.73 Å². The minimum atomic E-state index is -4.49. The highest BCUT2D eigenvalue weighted by Gasteiger charge is 2.33. The van der Waals surface area contributed by atoms with Gasteiger partial charge < -0.3 is 5.73 Å². The van der Waals surface area contributed by atoms with Crippen LogP contribution in [0.5, 0.6) is 0 Å². The molecular weight excluding hydrogens is 281 g/mol. The number of rotatable bonds is 3. The van der Waals surface area contributed by atoms with Crippen molar-refractivity contribution in [1.29, 1.82) is 0 Å². The van der Waals surface area contributed by atoms with E-state index >= 15 is 0 Å². The molecule has 0 radical (unpaired) electrons. The summed E-state index contributed by atoms with van der Waals surface area (Å²) in [5.41, 5.74) is 7.78. The molecule has 2 aromatic rings. The van der Waals surface area contributed by atoms with Crippen molar-refractivity contribution in [3.63, 3.8) is 0 Å². The molecule has 0 fully saturated rings. The van der Waals surface area contributed by atoms with Gasteiger partial charge in [0.2, 0.25) is 0 Å². The fraction of sp³-hybridized carbons (Fsp3) is 0.429. The molecular formula is C14H17F3N4. The van der Waals surface area contributed by atoms with Gasteiger partial charge in [-0.05, 0) is 31.9 Å². The summed E-state index contributed by atoms with van der Waals surface area (Å²) in [4.78, 5) is 3.73. The molecule has 0 aliphatic rings. The molecule has 0 saturated carbocycles. The Bertz CT molecular complexity index is 659. The van der Waals surface area contributed by atoms with Gasteiger partial charge in [0.15, 0.2) is 5.82 Å². The standard InChI is InChI=1S/C14H17F3N4/c1-4-11-8(2)20-21(9(11)3)13-10(7-18)5-6-12(19-13)14(15,16)17/h5-6H,4,7,18H2,1-3H3. The highest BCUT2D eigenvalue weighted by Crippen LogP contribution is 2.29. The molecule has 0 bridgehead atoms. The Morgan fingerprint density at radius 2 is 1.90 bits per heavy atom. The average molecular weight is 298 g/mol. The van der Waals surface area contributed by atoms with Crippen molar-refractivity contribution in [1.82, 2.24) is 14.8 Å². The SMILES string of the molecule is CCc1c(C)nn(-c2nc(C(F)(F)F)ccc2CN)c1C. The Balaban J connectivity index is 2.67. The molecule has 0 aromatic carbocycles. The zero-order valence-electron chi connectivity index (χ0n) is 12.1. The molecule has 0 unspecified atom stereocenters. The Morgan fingerprint density at radius 1 is 1.24 bits per heavy atom. The molecule has 4 nitrogen and oxygen atoms in total. The maximum Gasteiger partial charge on any atom is 0.433 e. The number of pyridine rings is 1. The van der Waals surface area contributed by atoms with Crippen LogP contribution >= 0.6 is 0 Å². The summed E-state index contributed by atoms with van der Waals surface area (Å²) < 4.78 is 40.0. The number of nitrogens with two attached hydrogens (primary N) is 1. The van der Waals surface area contributed by atoms with Crippen LogP contribution in [0.3, 0.4) is 0 Å². The second-order valence-electron chi connectivity index (χ2n) is 4.80. The first kappa shape index (κ1) is 15.5. The van der Waals surface area contributed by atoms with Gasteiger partial charge in [-0.25, -0.2) is 9.67 Å². The van der Waals surface area contributed by atoms with Crippen molar-refractivity contribution >= 4 is 0 Å². The van der Waals surface area contributed by atoms with Gasteiger partial charge in [-0.3, -0.25) is 0 Å². The molecule has 2 rings (SSSR count).